The Morgan fingerprint density at radius 1 is 1.18 bits per heavy atom. The zero-order chi connectivity index (χ0) is 13.3. The fourth-order valence-electron chi connectivity index (χ4n) is 2.61. The van der Waals surface area contributed by atoms with Gasteiger partial charge in [-0.1, -0.05) is 20.8 Å². The maximum atomic E-state index is 11.5. The molecule has 1 aliphatic heterocycles. The standard InChI is InChI=1S/C12H21NO4/c1-11(2,3)8-12(9(14)15)4-6-13(7-5-12)10(16)17/h4-8H2,1-3H3,(H,14,15)(H,16,17). The molecule has 0 saturated carbocycles. The van der Waals surface area contributed by atoms with Gasteiger partial charge in [0.15, 0.2) is 0 Å². The van der Waals surface area contributed by atoms with E-state index in [9.17, 15) is 14.7 Å². The highest BCUT2D eigenvalue weighted by Gasteiger charge is 2.44. The Labute approximate surface area is 101 Å². The quantitative estimate of drug-likeness (QED) is 0.779. The monoisotopic (exact) mass is 243 g/mol. The minimum absolute atomic E-state index is 0.0657. The number of carboxylic acids is 1. The van der Waals surface area contributed by atoms with Crippen LogP contribution in [0.5, 0.6) is 0 Å². The van der Waals surface area contributed by atoms with Gasteiger partial charge in [-0.25, -0.2) is 4.79 Å². The molecule has 1 rings (SSSR count). The number of hydrogen-bond donors (Lipinski definition) is 2. The molecule has 2 N–H and O–H groups in total. The van der Waals surface area contributed by atoms with Crippen LogP contribution in [0.4, 0.5) is 4.79 Å². The Hall–Kier alpha value is -1.26. The van der Waals surface area contributed by atoms with Gasteiger partial charge in [-0.2, -0.15) is 0 Å². The maximum Gasteiger partial charge on any atom is 0.407 e. The van der Waals surface area contributed by atoms with Crippen LogP contribution < -0.4 is 0 Å². The van der Waals surface area contributed by atoms with E-state index in [1.807, 2.05) is 20.8 Å². The molecule has 0 atom stereocenters. The van der Waals surface area contributed by atoms with Gasteiger partial charge in [-0.15, -0.1) is 0 Å². The molecule has 1 saturated heterocycles. The fraction of sp³-hybridized carbons (Fsp3) is 0.833. The molecule has 1 heterocycles. The lowest BCUT2D eigenvalue weighted by atomic mass is 9.68. The highest BCUT2D eigenvalue weighted by Crippen LogP contribution is 2.42. The molecule has 0 bridgehead atoms. The minimum Gasteiger partial charge on any atom is -0.481 e. The van der Waals surface area contributed by atoms with E-state index in [-0.39, 0.29) is 5.41 Å². The van der Waals surface area contributed by atoms with Crippen LogP contribution in [0.1, 0.15) is 40.0 Å². The first-order chi connectivity index (χ1) is 7.66. The van der Waals surface area contributed by atoms with Gasteiger partial charge in [0.25, 0.3) is 0 Å². The molecule has 0 aliphatic carbocycles. The Bertz CT molecular complexity index is 311. The molecular formula is C12H21NO4. The van der Waals surface area contributed by atoms with Crippen molar-refractivity contribution in [3.05, 3.63) is 0 Å². The average Bonchev–Trinajstić information content (AvgIpc) is 2.15. The summed E-state index contributed by atoms with van der Waals surface area (Å²) in [6, 6.07) is 0. The van der Waals surface area contributed by atoms with Crippen molar-refractivity contribution >= 4 is 12.1 Å². The molecule has 98 valence electrons. The lowest BCUT2D eigenvalue weighted by Crippen LogP contribution is -2.47. The predicted octanol–water partition coefficient (Wildman–Crippen LogP) is 2.27. The second-order valence-corrected chi connectivity index (χ2v) is 6.09. The van der Waals surface area contributed by atoms with Gasteiger partial charge in [0.05, 0.1) is 5.41 Å². The highest BCUT2D eigenvalue weighted by molar-refractivity contribution is 5.75. The zero-order valence-corrected chi connectivity index (χ0v) is 10.7. The number of carboxylic acid groups (broad SMARTS) is 2. The van der Waals surface area contributed by atoms with Crippen molar-refractivity contribution in [2.24, 2.45) is 10.8 Å². The third kappa shape index (κ3) is 3.35. The van der Waals surface area contributed by atoms with Crippen molar-refractivity contribution in [3.8, 4) is 0 Å². The number of nitrogens with zero attached hydrogens (tertiary/aromatic N) is 1. The van der Waals surface area contributed by atoms with E-state index in [0.29, 0.717) is 32.4 Å². The second-order valence-electron chi connectivity index (χ2n) is 6.09. The molecule has 1 fully saturated rings. The summed E-state index contributed by atoms with van der Waals surface area (Å²) in [5, 5.41) is 18.3. The summed E-state index contributed by atoms with van der Waals surface area (Å²) in [7, 11) is 0. The zero-order valence-electron chi connectivity index (χ0n) is 10.7. The molecule has 5 nitrogen and oxygen atoms in total. The molecule has 17 heavy (non-hydrogen) atoms. The van der Waals surface area contributed by atoms with Crippen molar-refractivity contribution < 1.29 is 19.8 Å². The number of amides is 1. The van der Waals surface area contributed by atoms with Gasteiger partial charge in [0.1, 0.15) is 0 Å². The predicted molar refractivity (Wildman–Crippen MR) is 63.0 cm³/mol. The third-order valence-electron chi connectivity index (χ3n) is 3.31. The van der Waals surface area contributed by atoms with Gasteiger partial charge in [-0.05, 0) is 24.7 Å². The van der Waals surface area contributed by atoms with Crippen LogP contribution in [-0.2, 0) is 4.79 Å². The molecule has 0 spiro atoms. The smallest absolute Gasteiger partial charge is 0.407 e. The van der Waals surface area contributed by atoms with Gasteiger partial charge < -0.3 is 15.1 Å². The van der Waals surface area contributed by atoms with Crippen molar-refractivity contribution in [2.75, 3.05) is 13.1 Å². The first-order valence-electron chi connectivity index (χ1n) is 5.88. The average molecular weight is 243 g/mol. The van der Waals surface area contributed by atoms with E-state index < -0.39 is 17.5 Å². The molecular weight excluding hydrogens is 222 g/mol. The van der Waals surface area contributed by atoms with E-state index >= 15 is 0 Å². The summed E-state index contributed by atoms with van der Waals surface area (Å²) in [4.78, 5) is 23.6. The van der Waals surface area contributed by atoms with Crippen LogP contribution in [0.2, 0.25) is 0 Å². The highest BCUT2D eigenvalue weighted by atomic mass is 16.4. The summed E-state index contributed by atoms with van der Waals surface area (Å²) in [6.07, 6.45) is 0.445. The van der Waals surface area contributed by atoms with Crippen molar-refractivity contribution in [1.29, 1.82) is 0 Å². The summed E-state index contributed by atoms with van der Waals surface area (Å²) in [6.45, 7) is 6.68. The van der Waals surface area contributed by atoms with Crippen molar-refractivity contribution in [3.63, 3.8) is 0 Å². The molecule has 0 aromatic carbocycles. The Morgan fingerprint density at radius 3 is 1.94 bits per heavy atom. The van der Waals surface area contributed by atoms with Crippen LogP contribution in [0.25, 0.3) is 0 Å². The summed E-state index contributed by atoms with van der Waals surface area (Å²) in [5.74, 6) is -0.794. The molecule has 0 aromatic rings. The maximum absolute atomic E-state index is 11.5. The number of rotatable bonds is 2. The Morgan fingerprint density at radius 2 is 1.65 bits per heavy atom. The number of piperidine rings is 1. The first kappa shape index (κ1) is 13.8. The van der Waals surface area contributed by atoms with Gasteiger partial charge in [0.2, 0.25) is 0 Å². The topological polar surface area (TPSA) is 77.8 Å². The molecule has 1 amide bonds. The van der Waals surface area contributed by atoms with Crippen molar-refractivity contribution in [1.82, 2.24) is 4.90 Å². The normalized spacial score (nSPS) is 20.1. The van der Waals surface area contributed by atoms with Crippen LogP contribution in [-0.4, -0.2) is 40.3 Å². The van der Waals surface area contributed by atoms with Crippen LogP contribution in [0.15, 0.2) is 0 Å². The lowest BCUT2D eigenvalue weighted by Gasteiger charge is -2.41. The Kier molecular flexibility index (Phi) is 3.69. The van der Waals surface area contributed by atoms with Gasteiger partial charge >= 0.3 is 12.1 Å². The van der Waals surface area contributed by atoms with E-state index in [1.165, 1.54) is 4.90 Å². The summed E-state index contributed by atoms with van der Waals surface area (Å²) < 4.78 is 0. The number of carbonyl (C=O) groups is 2. The SMILES string of the molecule is CC(C)(C)CC1(C(=O)O)CCN(C(=O)O)CC1. The number of likely N-dealkylation sites (tertiary alicyclic amines) is 1. The van der Waals surface area contributed by atoms with E-state index in [0.717, 1.165) is 0 Å². The van der Waals surface area contributed by atoms with E-state index in [1.54, 1.807) is 0 Å². The van der Waals surface area contributed by atoms with Crippen LogP contribution >= 0.6 is 0 Å². The molecule has 5 heteroatoms. The summed E-state index contributed by atoms with van der Waals surface area (Å²) in [5.41, 5.74) is -0.825. The molecule has 1 aliphatic rings. The third-order valence-corrected chi connectivity index (χ3v) is 3.31. The fourth-order valence-corrected chi connectivity index (χ4v) is 2.61. The van der Waals surface area contributed by atoms with E-state index in [4.69, 9.17) is 5.11 Å². The van der Waals surface area contributed by atoms with Crippen molar-refractivity contribution in [2.45, 2.75) is 40.0 Å². The molecule has 0 radical (unpaired) electrons. The summed E-state index contributed by atoms with van der Waals surface area (Å²) >= 11 is 0. The first-order valence-corrected chi connectivity index (χ1v) is 5.88. The minimum atomic E-state index is -0.959. The second kappa shape index (κ2) is 4.55. The number of aliphatic carboxylic acids is 1. The van der Waals surface area contributed by atoms with Gasteiger partial charge in [0, 0.05) is 13.1 Å². The molecule has 0 aromatic heterocycles. The Balaban J connectivity index is 2.77. The lowest BCUT2D eigenvalue weighted by molar-refractivity contribution is -0.154. The number of hydrogen-bond acceptors (Lipinski definition) is 2. The van der Waals surface area contributed by atoms with E-state index in [2.05, 4.69) is 0 Å². The van der Waals surface area contributed by atoms with Crippen LogP contribution in [0, 0.1) is 10.8 Å². The van der Waals surface area contributed by atoms with Crippen LogP contribution in [0.3, 0.4) is 0 Å². The van der Waals surface area contributed by atoms with Gasteiger partial charge in [-0.3, -0.25) is 4.79 Å². The molecule has 0 unspecified atom stereocenters. The largest absolute Gasteiger partial charge is 0.481 e.